The number of amides is 1. The lowest BCUT2D eigenvalue weighted by atomic mass is 9.98. The first kappa shape index (κ1) is 18.3. The van der Waals surface area contributed by atoms with E-state index in [9.17, 15) is 4.79 Å². The van der Waals surface area contributed by atoms with Crippen molar-refractivity contribution < 1.29 is 9.90 Å². The van der Waals surface area contributed by atoms with Gasteiger partial charge in [0.25, 0.3) is 0 Å². The van der Waals surface area contributed by atoms with Gasteiger partial charge in [0, 0.05) is 54.7 Å². The molecule has 0 aliphatic carbocycles. The molecule has 1 aromatic heterocycles. The fourth-order valence-corrected chi connectivity index (χ4v) is 3.91. The topological polar surface area (TPSA) is 91.5 Å². The summed E-state index contributed by atoms with van der Waals surface area (Å²) in [6.07, 6.45) is 4.54. The second-order valence-electron chi connectivity index (χ2n) is 7.37. The Kier molecular flexibility index (Phi) is 5.12. The summed E-state index contributed by atoms with van der Waals surface area (Å²) in [5.74, 6) is 0. The molecule has 28 heavy (non-hydrogen) atoms. The molecule has 0 bridgehead atoms. The van der Waals surface area contributed by atoms with Gasteiger partial charge in [0.05, 0.1) is 0 Å². The number of nitrogen functional groups attached to an aromatic ring is 1. The summed E-state index contributed by atoms with van der Waals surface area (Å²) in [6, 6.07) is 14.4. The van der Waals surface area contributed by atoms with Gasteiger partial charge in [-0.1, -0.05) is 24.3 Å². The Morgan fingerprint density at radius 2 is 2.00 bits per heavy atom. The Labute approximate surface area is 164 Å². The fourth-order valence-electron chi connectivity index (χ4n) is 3.91. The van der Waals surface area contributed by atoms with Gasteiger partial charge in [-0.2, -0.15) is 0 Å². The monoisotopic (exact) mass is 376 g/mol. The molecule has 0 saturated carbocycles. The number of hydrogen-bond donors (Lipinski definition) is 3. The third-order valence-corrected chi connectivity index (χ3v) is 5.34. The molecule has 2 heterocycles. The molecular weight excluding hydrogens is 352 g/mol. The van der Waals surface area contributed by atoms with E-state index in [1.54, 1.807) is 0 Å². The summed E-state index contributed by atoms with van der Waals surface area (Å²) < 4.78 is 0. The maximum absolute atomic E-state index is 10.8. The van der Waals surface area contributed by atoms with E-state index in [4.69, 9.17) is 10.8 Å². The van der Waals surface area contributed by atoms with Crippen LogP contribution in [0.25, 0.3) is 21.9 Å². The Balaban J connectivity index is 1.55. The Bertz CT molecular complexity index is 997. The molecule has 4 rings (SSSR count). The molecule has 6 heteroatoms. The quantitative estimate of drug-likeness (QED) is 0.604. The van der Waals surface area contributed by atoms with Gasteiger partial charge in [-0.3, -0.25) is 9.88 Å². The van der Waals surface area contributed by atoms with Crippen molar-refractivity contribution in [1.29, 1.82) is 0 Å². The zero-order valence-corrected chi connectivity index (χ0v) is 15.6. The van der Waals surface area contributed by atoms with Crippen LogP contribution in [0.15, 0.2) is 54.9 Å². The highest BCUT2D eigenvalue weighted by Crippen LogP contribution is 2.30. The van der Waals surface area contributed by atoms with E-state index >= 15 is 0 Å². The van der Waals surface area contributed by atoms with Crippen molar-refractivity contribution in [2.75, 3.05) is 18.8 Å². The van der Waals surface area contributed by atoms with Crippen LogP contribution in [-0.2, 0) is 6.54 Å². The fraction of sp³-hybridized carbons (Fsp3) is 0.273. The summed E-state index contributed by atoms with van der Waals surface area (Å²) in [6.45, 7) is 2.64. The number of nitrogens with zero attached hydrogens (tertiary/aromatic N) is 2. The van der Waals surface area contributed by atoms with Crippen LogP contribution < -0.4 is 11.1 Å². The second-order valence-corrected chi connectivity index (χ2v) is 7.37. The smallest absolute Gasteiger partial charge is 0.404 e. The number of likely N-dealkylation sites (tertiary alicyclic amines) is 1. The van der Waals surface area contributed by atoms with Gasteiger partial charge in [0.1, 0.15) is 0 Å². The minimum atomic E-state index is -0.935. The molecule has 1 aliphatic heterocycles. The molecule has 2 aromatic carbocycles. The second kappa shape index (κ2) is 7.86. The Morgan fingerprint density at radius 3 is 2.75 bits per heavy atom. The minimum Gasteiger partial charge on any atom is -0.465 e. The third-order valence-electron chi connectivity index (χ3n) is 5.34. The van der Waals surface area contributed by atoms with E-state index in [0.29, 0.717) is 0 Å². The van der Waals surface area contributed by atoms with Gasteiger partial charge in [-0.05, 0) is 47.6 Å². The standard InChI is InChI=1S/C22H24N4O2/c23-18-3-1-2-16(11-18)21-13-24-12-17-5-4-15(10-20(17)21)14-26-8-6-19(7-9-26)25-22(27)28/h1-5,10-13,19,25H,6-9,14,23H2,(H,27,28). The first-order chi connectivity index (χ1) is 13.6. The van der Waals surface area contributed by atoms with E-state index in [0.717, 1.165) is 54.7 Å². The summed E-state index contributed by atoms with van der Waals surface area (Å²) in [5.41, 5.74) is 10.1. The molecule has 6 nitrogen and oxygen atoms in total. The van der Waals surface area contributed by atoms with E-state index in [1.165, 1.54) is 10.9 Å². The van der Waals surface area contributed by atoms with E-state index < -0.39 is 6.09 Å². The van der Waals surface area contributed by atoms with E-state index in [2.05, 4.69) is 39.5 Å². The lowest BCUT2D eigenvalue weighted by Gasteiger charge is -2.31. The van der Waals surface area contributed by atoms with Gasteiger partial charge in [-0.25, -0.2) is 4.79 Å². The number of anilines is 1. The lowest BCUT2D eigenvalue weighted by molar-refractivity contribution is 0.165. The van der Waals surface area contributed by atoms with E-state index in [-0.39, 0.29) is 6.04 Å². The van der Waals surface area contributed by atoms with Crippen LogP contribution in [0.3, 0.4) is 0 Å². The maximum Gasteiger partial charge on any atom is 0.404 e. The Morgan fingerprint density at radius 1 is 1.18 bits per heavy atom. The van der Waals surface area contributed by atoms with Gasteiger partial charge in [0.15, 0.2) is 0 Å². The molecule has 0 spiro atoms. The number of piperidine rings is 1. The van der Waals surface area contributed by atoms with Crippen molar-refractivity contribution >= 4 is 22.6 Å². The maximum atomic E-state index is 10.8. The number of aromatic nitrogens is 1. The SMILES string of the molecule is Nc1cccc(-c2cncc3ccc(CN4CCC(NC(=O)O)CC4)cc23)c1. The molecule has 144 valence electrons. The van der Waals surface area contributed by atoms with Crippen LogP contribution in [0.2, 0.25) is 0 Å². The third kappa shape index (κ3) is 4.07. The van der Waals surface area contributed by atoms with Gasteiger partial charge >= 0.3 is 6.09 Å². The van der Waals surface area contributed by atoms with Crippen LogP contribution in [-0.4, -0.2) is 40.2 Å². The molecule has 0 unspecified atom stereocenters. The van der Waals surface area contributed by atoms with Crippen molar-refractivity contribution in [3.05, 3.63) is 60.4 Å². The van der Waals surface area contributed by atoms with Crippen molar-refractivity contribution in [2.24, 2.45) is 0 Å². The summed E-state index contributed by atoms with van der Waals surface area (Å²) in [7, 11) is 0. The summed E-state index contributed by atoms with van der Waals surface area (Å²) >= 11 is 0. The number of nitrogens with two attached hydrogens (primary N) is 1. The van der Waals surface area contributed by atoms with Crippen LogP contribution >= 0.6 is 0 Å². The number of rotatable bonds is 4. The van der Waals surface area contributed by atoms with Crippen molar-refractivity contribution in [3.63, 3.8) is 0 Å². The number of pyridine rings is 1. The number of carbonyl (C=O) groups is 1. The lowest BCUT2D eigenvalue weighted by Crippen LogP contribution is -2.43. The van der Waals surface area contributed by atoms with Crippen molar-refractivity contribution in [2.45, 2.75) is 25.4 Å². The molecular formula is C22H24N4O2. The predicted molar refractivity (Wildman–Crippen MR) is 111 cm³/mol. The molecule has 1 fully saturated rings. The summed E-state index contributed by atoms with van der Waals surface area (Å²) in [5, 5.41) is 13.7. The number of fused-ring (bicyclic) bond motifs is 1. The zero-order valence-electron chi connectivity index (χ0n) is 15.6. The highest BCUT2D eigenvalue weighted by atomic mass is 16.4. The molecule has 3 aromatic rings. The van der Waals surface area contributed by atoms with Gasteiger partial charge in [0.2, 0.25) is 0 Å². The predicted octanol–water partition coefficient (Wildman–Crippen LogP) is 3.72. The molecule has 1 aliphatic rings. The van der Waals surface area contributed by atoms with Crippen LogP contribution in [0, 0.1) is 0 Å². The van der Waals surface area contributed by atoms with Crippen LogP contribution in [0.1, 0.15) is 18.4 Å². The van der Waals surface area contributed by atoms with Crippen LogP contribution in [0.4, 0.5) is 10.5 Å². The molecule has 1 saturated heterocycles. The molecule has 0 radical (unpaired) electrons. The van der Waals surface area contributed by atoms with E-state index in [1.807, 2.05) is 30.6 Å². The summed E-state index contributed by atoms with van der Waals surface area (Å²) in [4.78, 5) is 17.6. The molecule has 0 atom stereocenters. The largest absolute Gasteiger partial charge is 0.465 e. The first-order valence-electron chi connectivity index (χ1n) is 9.53. The zero-order chi connectivity index (χ0) is 19.5. The number of nitrogens with one attached hydrogen (secondary N) is 1. The first-order valence-corrected chi connectivity index (χ1v) is 9.53. The Hall–Kier alpha value is -3.12. The van der Waals surface area contributed by atoms with Gasteiger partial charge < -0.3 is 16.2 Å². The van der Waals surface area contributed by atoms with Crippen molar-refractivity contribution in [1.82, 2.24) is 15.2 Å². The average molecular weight is 376 g/mol. The number of carboxylic acid groups (broad SMARTS) is 1. The molecule has 4 N–H and O–H groups in total. The molecule has 1 amide bonds. The van der Waals surface area contributed by atoms with Crippen molar-refractivity contribution in [3.8, 4) is 11.1 Å². The highest BCUT2D eigenvalue weighted by Gasteiger charge is 2.20. The normalized spacial score (nSPS) is 15.6. The number of benzene rings is 2. The highest BCUT2D eigenvalue weighted by molar-refractivity contribution is 5.96. The minimum absolute atomic E-state index is 0.0616. The van der Waals surface area contributed by atoms with Gasteiger partial charge in [-0.15, -0.1) is 0 Å². The average Bonchev–Trinajstić information content (AvgIpc) is 2.68. The number of hydrogen-bond acceptors (Lipinski definition) is 4. The van der Waals surface area contributed by atoms with Crippen LogP contribution in [0.5, 0.6) is 0 Å².